The predicted molar refractivity (Wildman–Crippen MR) is 68.4 cm³/mol. The fourth-order valence-corrected chi connectivity index (χ4v) is 2.15. The van der Waals surface area contributed by atoms with Gasteiger partial charge in [0, 0.05) is 24.1 Å². The zero-order valence-corrected chi connectivity index (χ0v) is 10.4. The summed E-state index contributed by atoms with van der Waals surface area (Å²) >= 11 is 1.52. The molecule has 88 valence electrons. The molecule has 17 heavy (non-hydrogen) atoms. The average molecular weight is 248 g/mol. The highest BCUT2D eigenvalue weighted by Gasteiger charge is 2.10. The molecule has 2 aromatic rings. The van der Waals surface area contributed by atoms with Crippen molar-refractivity contribution in [1.82, 2.24) is 4.98 Å². The molecule has 1 aromatic carbocycles. The Labute approximate surface area is 103 Å². The lowest BCUT2D eigenvalue weighted by atomic mass is 10.1. The number of aromatic nitrogens is 1. The van der Waals surface area contributed by atoms with E-state index in [1.54, 1.807) is 13.3 Å². The van der Waals surface area contributed by atoms with Gasteiger partial charge in [-0.1, -0.05) is 0 Å². The molecule has 2 rings (SSSR count). The third kappa shape index (κ3) is 2.62. The lowest BCUT2D eigenvalue weighted by Crippen LogP contribution is -2.06. The van der Waals surface area contributed by atoms with Gasteiger partial charge in [-0.05, 0) is 18.2 Å². The van der Waals surface area contributed by atoms with Gasteiger partial charge in [0.2, 0.25) is 5.91 Å². The smallest absolute Gasteiger partial charge is 0.221 e. The van der Waals surface area contributed by atoms with E-state index in [0.717, 1.165) is 22.0 Å². The van der Waals surface area contributed by atoms with Gasteiger partial charge in [0.05, 0.1) is 12.8 Å². The number of hydrogen-bond acceptors (Lipinski definition) is 4. The van der Waals surface area contributed by atoms with Crippen molar-refractivity contribution in [1.29, 1.82) is 0 Å². The monoisotopic (exact) mass is 248 g/mol. The van der Waals surface area contributed by atoms with Crippen molar-refractivity contribution in [2.45, 2.75) is 6.92 Å². The van der Waals surface area contributed by atoms with Crippen LogP contribution in [0, 0.1) is 0 Å². The summed E-state index contributed by atoms with van der Waals surface area (Å²) in [4.78, 5) is 15.4. The molecule has 0 atom stereocenters. The first kappa shape index (κ1) is 11.6. The molecule has 1 amide bonds. The number of thiazole rings is 1. The normalized spacial score (nSPS) is 10.0. The number of methoxy groups -OCH3 is 1. The van der Waals surface area contributed by atoms with E-state index in [9.17, 15) is 4.79 Å². The zero-order chi connectivity index (χ0) is 12.3. The first-order chi connectivity index (χ1) is 8.20. The topological polar surface area (TPSA) is 51.2 Å². The second-order valence-electron chi connectivity index (χ2n) is 3.43. The van der Waals surface area contributed by atoms with Crippen molar-refractivity contribution in [3.63, 3.8) is 0 Å². The molecule has 0 spiro atoms. The zero-order valence-electron chi connectivity index (χ0n) is 9.56. The molecule has 1 heterocycles. The van der Waals surface area contributed by atoms with Crippen LogP contribution in [0.25, 0.3) is 10.6 Å². The summed E-state index contributed by atoms with van der Waals surface area (Å²) in [6.07, 6.45) is 1.73. The third-order valence-electron chi connectivity index (χ3n) is 2.20. The first-order valence-electron chi connectivity index (χ1n) is 5.06. The van der Waals surface area contributed by atoms with E-state index in [4.69, 9.17) is 4.74 Å². The van der Waals surface area contributed by atoms with Crippen LogP contribution in [0.5, 0.6) is 5.75 Å². The van der Waals surface area contributed by atoms with E-state index < -0.39 is 0 Å². The summed E-state index contributed by atoms with van der Waals surface area (Å²) < 4.78 is 5.18. The van der Waals surface area contributed by atoms with Crippen molar-refractivity contribution >= 4 is 22.9 Å². The minimum absolute atomic E-state index is 0.104. The number of nitrogens with one attached hydrogen (secondary N) is 1. The molecule has 0 unspecified atom stereocenters. The molecule has 0 fully saturated rings. The van der Waals surface area contributed by atoms with Crippen LogP contribution in [0.1, 0.15) is 6.92 Å². The predicted octanol–water partition coefficient (Wildman–Crippen LogP) is 2.78. The largest absolute Gasteiger partial charge is 0.497 e. The number of anilines is 1. The van der Waals surface area contributed by atoms with E-state index in [1.165, 1.54) is 18.3 Å². The van der Waals surface area contributed by atoms with Crippen molar-refractivity contribution in [3.8, 4) is 16.3 Å². The Kier molecular flexibility index (Phi) is 3.39. The molecule has 1 N–H and O–H groups in total. The lowest BCUT2D eigenvalue weighted by molar-refractivity contribution is -0.114. The highest BCUT2D eigenvalue weighted by Crippen LogP contribution is 2.32. The second kappa shape index (κ2) is 4.97. The van der Waals surface area contributed by atoms with Crippen molar-refractivity contribution in [2.24, 2.45) is 0 Å². The second-order valence-corrected chi connectivity index (χ2v) is 4.32. The minimum Gasteiger partial charge on any atom is -0.497 e. The standard InChI is InChI=1S/C12H12N2O2S/c1-8(15)14-11-4-3-9(16-2)7-10(11)12-13-5-6-17-12/h3-7H,1-2H3,(H,14,15). The lowest BCUT2D eigenvalue weighted by Gasteiger charge is -2.09. The van der Waals surface area contributed by atoms with Gasteiger partial charge >= 0.3 is 0 Å². The SMILES string of the molecule is COc1ccc(NC(C)=O)c(-c2nccs2)c1. The van der Waals surface area contributed by atoms with Crippen LogP contribution in [0.4, 0.5) is 5.69 Å². The Bertz CT molecular complexity index is 523. The highest BCUT2D eigenvalue weighted by molar-refractivity contribution is 7.13. The van der Waals surface area contributed by atoms with Crippen LogP contribution in [0.2, 0.25) is 0 Å². The van der Waals surface area contributed by atoms with Crippen molar-refractivity contribution < 1.29 is 9.53 Å². The summed E-state index contributed by atoms with van der Waals surface area (Å²) in [5, 5.41) is 5.53. The van der Waals surface area contributed by atoms with Gasteiger partial charge in [0.15, 0.2) is 0 Å². The number of ether oxygens (including phenoxy) is 1. The fourth-order valence-electron chi connectivity index (χ4n) is 1.48. The number of nitrogens with zero attached hydrogens (tertiary/aromatic N) is 1. The van der Waals surface area contributed by atoms with Crippen LogP contribution in [-0.2, 0) is 4.79 Å². The van der Waals surface area contributed by atoms with Crippen LogP contribution in [-0.4, -0.2) is 18.0 Å². The van der Waals surface area contributed by atoms with Crippen LogP contribution in [0.3, 0.4) is 0 Å². The first-order valence-corrected chi connectivity index (χ1v) is 5.94. The Hall–Kier alpha value is -1.88. The van der Waals surface area contributed by atoms with E-state index in [0.29, 0.717) is 0 Å². The molecule has 4 nitrogen and oxygen atoms in total. The number of benzene rings is 1. The van der Waals surface area contributed by atoms with E-state index >= 15 is 0 Å². The van der Waals surface area contributed by atoms with Gasteiger partial charge in [-0.15, -0.1) is 11.3 Å². The summed E-state index contributed by atoms with van der Waals surface area (Å²) in [5.74, 6) is 0.636. The molecule has 0 aliphatic heterocycles. The van der Waals surface area contributed by atoms with Gasteiger partial charge in [-0.2, -0.15) is 0 Å². The molecule has 0 aliphatic rings. The summed E-state index contributed by atoms with van der Waals surface area (Å²) in [7, 11) is 1.61. The average Bonchev–Trinajstić information content (AvgIpc) is 2.82. The molecular weight excluding hydrogens is 236 g/mol. The summed E-state index contributed by atoms with van der Waals surface area (Å²) in [5.41, 5.74) is 1.61. The maximum absolute atomic E-state index is 11.1. The number of amides is 1. The van der Waals surface area contributed by atoms with Gasteiger partial charge in [0.25, 0.3) is 0 Å². The Morgan fingerprint density at radius 3 is 2.88 bits per heavy atom. The molecule has 0 aliphatic carbocycles. The molecule has 0 bridgehead atoms. The molecule has 0 saturated carbocycles. The van der Waals surface area contributed by atoms with Gasteiger partial charge < -0.3 is 10.1 Å². The highest BCUT2D eigenvalue weighted by atomic mass is 32.1. The van der Waals surface area contributed by atoms with Gasteiger partial charge in [-0.3, -0.25) is 4.79 Å². The summed E-state index contributed by atoms with van der Waals surface area (Å²) in [6, 6.07) is 5.49. The minimum atomic E-state index is -0.104. The number of carbonyl (C=O) groups is 1. The quantitative estimate of drug-likeness (QED) is 0.908. The Morgan fingerprint density at radius 2 is 2.29 bits per heavy atom. The Balaban J connectivity index is 2.48. The molecule has 1 aromatic heterocycles. The maximum atomic E-state index is 11.1. The molecule has 0 radical (unpaired) electrons. The number of rotatable bonds is 3. The number of hydrogen-bond donors (Lipinski definition) is 1. The third-order valence-corrected chi connectivity index (χ3v) is 3.01. The molecule has 5 heteroatoms. The molecule has 0 saturated heterocycles. The van der Waals surface area contributed by atoms with Crippen LogP contribution >= 0.6 is 11.3 Å². The van der Waals surface area contributed by atoms with Gasteiger partial charge in [-0.25, -0.2) is 4.98 Å². The Morgan fingerprint density at radius 1 is 1.47 bits per heavy atom. The molecular formula is C12H12N2O2S. The van der Waals surface area contributed by atoms with Crippen LogP contribution in [0.15, 0.2) is 29.8 Å². The number of carbonyl (C=O) groups excluding carboxylic acids is 1. The summed E-state index contributed by atoms with van der Waals surface area (Å²) in [6.45, 7) is 1.48. The maximum Gasteiger partial charge on any atom is 0.221 e. The van der Waals surface area contributed by atoms with E-state index in [2.05, 4.69) is 10.3 Å². The van der Waals surface area contributed by atoms with E-state index in [1.807, 2.05) is 23.6 Å². The van der Waals surface area contributed by atoms with Crippen LogP contribution < -0.4 is 10.1 Å². The van der Waals surface area contributed by atoms with Gasteiger partial charge in [0.1, 0.15) is 10.8 Å². The fraction of sp³-hybridized carbons (Fsp3) is 0.167. The van der Waals surface area contributed by atoms with Crippen molar-refractivity contribution in [3.05, 3.63) is 29.8 Å². The van der Waals surface area contributed by atoms with E-state index in [-0.39, 0.29) is 5.91 Å². The van der Waals surface area contributed by atoms with Crippen molar-refractivity contribution in [2.75, 3.05) is 12.4 Å².